The number of nitriles is 1. The normalized spacial score (nSPS) is 11.6. The largest absolute Gasteiger partial charge is 0.369 e. The van der Waals surface area contributed by atoms with Crippen LogP contribution in [-0.2, 0) is 6.42 Å². The third-order valence-corrected chi connectivity index (χ3v) is 3.25. The summed E-state index contributed by atoms with van der Waals surface area (Å²) in [6.45, 7) is 0. The number of nitrogens with one attached hydrogen (secondary N) is 1. The van der Waals surface area contributed by atoms with Gasteiger partial charge in [0.25, 0.3) is 0 Å². The van der Waals surface area contributed by atoms with Crippen LogP contribution >= 0.6 is 11.6 Å². The Hall–Kier alpha value is -1.98. The molecule has 0 aliphatic heterocycles. The van der Waals surface area contributed by atoms with Crippen LogP contribution in [0, 0.1) is 11.3 Å². The van der Waals surface area contributed by atoms with Crippen molar-refractivity contribution in [2.75, 3.05) is 5.32 Å². The molecule has 19 heavy (non-hydrogen) atoms. The highest BCUT2D eigenvalue weighted by molar-refractivity contribution is 6.33. The lowest BCUT2D eigenvalue weighted by Crippen LogP contribution is -2.18. The van der Waals surface area contributed by atoms with Gasteiger partial charge in [0, 0.05) is 0 Å². The molecule has 2 aromatic carbocycles. The summed E-state index contributed by atoms with van der Waals surface area (Å²) in [5, 5.41) is 13.0. The summed E-state index contributed by atoms with van der Waals surface area (Å²) in [7, 11) is 0. The number of anilines is 1. The van der Waals surface area contributed by atoms with Gasteiger partial charge in [-0.15, -0.1) is 0 Å². The lowest BCUT2D eigenvalue weighted by atomic mass is 10.1. The summed E-state index contributed by atoms with van der Waals surface area (Å²) in [5.41, 5.74) is 2.05. The van der Waals surface area contributed by atoms with Crippen molar-refractivity contribution in [1.82, 2.24) is 0 Å². The number of para-hydroxylation sites is 1. The van der Waals surface area contributed by atoms with E-state index in [0.29, 0.717) is 5.02 Å². The van der Waals surface area contributed by atoms with Crippen molar-refractivity contribution < 1.29 is 0 Å². The Labute approximate surface area is 118 Å². The Bertz CT molecular complexity index is 560. The summed E-state index contributed by atoms with van der Waals surface area (Å²) in [4.78, 5) is 0. The second-order valence-electron chi connectivity index (χ2n) is 4.33. The summed E-state index contributed by atoms with van der Waals surface area (Å²) >= 11 is 6.07. The fraction of sp³-hybridized carbons (Fsp3) is 0.188. The molecule has 0 saturated heterocycles. The minimum absolute atomic E-state index is 0.236. The van der Waals surface area contributed by atoms with E-state index in [9.17, 15) is 5.26 Å². The minimum atomic E-state index is -0.236. The molecule has 0 radical (unpaired) electrons. The summed E-state index contributed by atoms with van der Waals surface area (Å²) in [6, 6.07) is 19.7. The Kier molecular flexibility index (Phi) is 4.83. The molecule has 0 spiro atoms. The smallest absolute Gasteiger partial charge is 0.114 e. The van der Waals surface area contributed by atoms with Crippen molar-refractivity contribution in [3.05, 3.63) is 65.2 Å². The predicted molar refractivity (Wildman–Crippen MR) is 79.2 cm³/mol. The molecule has 0 amide bonds. The Balaban J connectivity index is 1.95. The molecule has 0 saturated carbocycles. The van der Waals surface area contributed by atoms with Crippen LogP contribution in [0.4, 0.5) is 5.69 Å². The van der Waals surface area contributed by atoms with Crippen molar-refractivity contribution in [2.45, 2.75) is 18.9 Å². The fourth-order valence-electron chi connectivity index (χ4n) is 1.89. The molecule has 2 rings (SSSR count). The number of benzene rings is 2. The Morgan fingerprint density at radius 3 is 2.42 bits per heavy atom. The van der Waals surface area contributed by atoms with E-state index in [4.69, 9.17) is 11.6 Å². The SMILES string of the molecule is N#CC(CCc1ccccc1)Nc1ccccc1Cl. The molecule has 1 unspecified atom stereocenters. The van der Waals surface area contributed by atoms with Gasteiger partial charge in [-0.2, -0.15) is 5.26 Å². The van der Waals surface area contributed by atoms with Crippen LogP contribution in [0.1, 0.15) is 12.0 Å². The van der Waals surface area contributed by atoms with Gasteiger partial charge in [-0.05, 0) is 30.5 Å². The summed E-state index contributed by atoms with van der Waals surface area (Å²) in [6.07, 6.45) is 1.63. The molecule has 2 aromatic rings. The second-order valence-corrected chi connectivity index (χ2v) is 4.74. The number of hydrogen-bond acceptors (Lipinski definition) is 2. The molecule has 0 aliphatic rings. The van der Waals surface area contributed by atoms with Gasteiger partial charge in [0.2, 0.25) is 0 Å². The number of hydrogen-bond donors (Lipinski definition) is 1. The van der Waals surface area contributed by atoms with Crippen LogP contribution in [0.5, 0.6) is 0 Å². The van der Waals surface area contributed by atoms with Gasteiger partial charge >= 0.3 is 0 Å². The van der Waals surface area contributed by atoms with E-state index in [2.05, 4.69) is 23.5 Å². The number of nitrogens with zero attached hydrogens (tertiary/aromatic N) is 1. The van der Waals surface area contributed by atoms with Crippen molar-refractivity contribution >= 4 is 17.3 Å². The van der Waals surface area contributed by atoms with E-state index in [0.717, 1.165) is 18.5 Å². The van der Waals surface area contributed by atoms with Crippen LogP contribution in [0.15, 0.2) is 54.6 Å². The van der Waals surface area contributed by atoms with Gasteiger partial charge in [-0.1, -0.05) is 54.1 Å². The predicted octanol–water partition coefficient (Wildman–Crippen LogP) is 4.28. The third-order valence-electron chi connectivity index (χ3n) is 2.92. The van der Waals surface area contributed by atoms with E-state index in [-0.39, 0.29) is 6.04 Å². The molecule has 1 N–H and O–H groups in total. The molecule has 0 heterocycles. The maximum Gasteiger partial charge on any atom is 0.114 e. The van der Waals surface area contributed by atoms with E-state index in [1.165, 1.54) is 5.56 Å². The standard InChI is InChI=1S/C16H15ClN2/c17-15-8-4-5-9-16(15)19-14(12-18)11-10-13-6-2-1-3-7-13/h1-9,14,19H,10-11H2. The average Bonchev–Trinajstić information content (AvgIpc) is 2.46. The number of halogens is 1. The van der Waals surface area contributed by atoms with Crippen LogP contribution in [0.25, 0.3) is 0 Å². The van der Waals surface area contributed by atoms with Crippen molar-refractivity contribution in [1.29, 1.82) is 5.26 Å². The van der Waals surface area contributed by atoms with Gasteiger partial charge in [-0.25, -0.2) is 0 Å². The summed E-state index contributed by atoms with van der Waals surface area (Å²) in [5.74, 6) is 0. The fourth-order valence-corrected chi connectivity index (χ4v) is 2.08. The first-order valence-electron chi connectivity index (χ1n) is 6.24. The molecular weight excluding hydrogens is 256 g/mol. The lowest BCUT2D eigenvalue weighted by Gasteiger charge is -2.14. The molecule has 96 valence electrons. The van der Waals surface area contributed by atoms with Crippen molar-refractivity contribution in [3.63, 3.8) is 0 Å². The first-order valence-corrected chi connectivity index (χ1v) is 6.62. The zero-order valence-corrected chi connectivity index (χ0v) is 11.3. The zero-order chi connectivity index (χ0) is 13.5. The highest BCUT2D eigenvalue weighted by Gasteiger charge is 2.09. The number of aryl methyl sites for hydroxylation is 1. The Morgan fingerprint density at radius 1 is 1.05 bits per heavy atom. The molecule has 3 heteroatoms. The van der Waals surface area contributed by atoms with E-state index in [1.54, 1.807) is 0 Å². The van der Waals surface area contributed by atoms with Crippen LogP contribution in [0.3, 0.4) is 0 Å². The first kappa shape index (κ1) is 13.5. The van der Waals surface area contributed by atoms with Gasteiger partial charge in [0.05, 0.1) is 16.8 Å². The minimum Gasteiger partial charge on any atom is -0.369 e. The second kappa shape index (κ2) is 6.82. The third kappa shape index (κ3) is 4.01. The van der Waals surface area contributed by atoms with Crippen molar-refractivity contribution in [2.24, 2.45) is 0 Å². The van der Waals surface area contributed by atoms with Gasteiger partial charge in [0.15, 0.2) is 0 Å². The van der Waals surface area contributed by atoms with Gasteiger partial charge in [-0.3, -0.25) is 0 Å². The highest BCUT2D eigenvalue weighted by atomic mass is 35.5. The van der Waals surface area contributed by atoms with E-state index >= 15 is 0 Å². The molecule has 0 aromatic heterocycles. The van der Waals surface area contributed by atoms with Crippen LogP contribution < -0.4 is 5.32 Å². The van der Waals surface area contributed by atoms with Crippen molar-refractivity contribution in [3.8, 4) is 6.07 Å². The molecule has 0 fully saturated rings. The maximum absolute atomic E-state index is 9.20. The summed E-state index contributed by atoms with van der Waals surface area (Å²) < 4.78 is 0. The molecule has 0 bridgehead atoms. The van der Waals surface area contributed by atoms with Crippen LogP contribution in [0.2, 0.25) is 5.02 Å². The van der Waals surface area contributed by atoms with E-state index < -0.39 is 0 Å². The molecule has 2 nitrogen and oxygen atoms in total. The maximum atomic E-state index is 9.20. The van der Waals surface area contributed by atoms with E-state index in [1.807, 2.05) is 42.5 Å². The zero-order valence-electron chi connectivity index (χ0n) is 10.5. The molecular formula is C16H15ClN2. The van der Waals surface area contributed by atoms with Gasteiger partial charge < -0.3 is 5.32 Å². The first-order chi connectivity index (χ1) is 9.29. The Morgan fingerprint density at radius 2 is 1.74 bits per heavy atom. The average molecular weight is 271 g/mol. The van der Waals surface area contributed by atoms with Crippen LogP contribution in [-0.4, -0.2) is 6.04 Å². The highest BCUT2D eigenvalue weighted by Crippen LogP contribution is 2.22. The molecule has 1 atom stereocenters. The topological polar surface area (TPSA) is 35.8 Å². The lowest BCUT2D eigenvalue weighted by molar-refractivity contribution is 0.769. The monoisotopic (exact) mass is 270 g/mol. The molecule has 0 aliphatic carbocycles. The quantitative estimate of drug-likeness (QED) is 0.880. The number of rotatable bonds is 5. The van der Waals surface area contributed by atoms with Gasteiger partial charge in [0.1, 0.15) is 6.04 Å².